The van der Waals surface area contributed by atoms with Gasteiger partial charge >= 0.3 is 0 Å². The molecule has 0 bridgehead atoms. The molecular formula is C17H21F2N3O2S. The quantitative estimate of drug-likeness (QED) is 0.772. The highest BCUT2D eigenvalue weighted by molar-refractivity contribution is 8.00. The lowest BCUT2D eigenvalue weighted by Crippen LogP contribution is -2.51. The zero-order valence-corrected chi connectivity index (χ0v) is 14.7. The number of nitrogens with one attached hydrogen (secondary N) is 1. The second kappa shape index (κ2) is 8.14. The van der Waals surface area contributed by atoms with E-state index >= 15 is 0 Å². The molecule has 3 rings (SSSR count). The van der Waals surface area contributed by atoms with E-state index in [0.29, 0.717) is 38.8 Å². The lowest BCUT2D eigenvalue weighted by atomic mass is 10.3. The maximum absolute atomic E-state index is 13.6. The molecule has 0 radical (unpaired) electrons. The van der Waals surface area contributed by atoms with Crippen LogP contribution in [0.25, 0.3) is 0 Å². The fraction of sp³-hybridized carbons (Fsp3) is 0.529. The number of carbonyl (C=O) groups excluding carboxylic acids is 2. The first kappa shape index (κ1) is 18.1. The predicted molar refractivity (Wildman–Crippen MR) is 91.3 cm³/mol. The SMILES string of the molecule is O=C(CN1CCN(C(=O)CSc2ccc(F)cc2F)CC1)NC1CC1. The van der Waals surface area contributed by atoms with E-state index in [1.807, 2.05) is 4.90 Å². The first-order chi connectivity index (χ1) is 12.0. The van der Waals surface area contributed by atoms with Crippen LogP contribution in [0.1, 0.15) is 12.8 Å². The van der Waals surface area contributed by atoms with E-state index < -0.39 is 11.6 Å². The summed E-state index contributed by atoms with van der Waals surface area (Å²) in [5.41, 5.74) is 0. The van der Waals surface area contributed by atoms with Gasteiger partial charge in [-0.05, 0) is 25.0 Å². The fourth-order valence-corrected chi connectivity index (χ4v) is 3.51. The van der Waals surface area contributed by atoms with Gasteiger partial charge in [-0.3, -0.25) is 14.5 Å². The van der Waals surface area contributed by atoms with Crippen molar-refractivity contribution in [2.45, 2.75) is 23.8 Å². The van der Waals surface area contributed by atoms with E-state index in [0.717, 1.165) is 30.7 Å². The van der Waals surface area contributed by atoms with Crippen LogP contribution in [-0.4, -0.2) is 66.1 Å². The zero-order valence-electron chi connectivity index (χ0n) is 13.8. The molecule has 25 heavy (non-hydrogen) atoms. The standard InChI is InChI=1S/C17H21F2N3O2S/c18-12-1-4-15(14(19)9-12)25-11-17(24)22-7-5-21(6-8-22)10-16(23)20-13-2-3-13/h1,4,9,13H,2-3,5-8,10-11H2,(H,20,23). The second-order valence-electron chi connectivity index (χ2n) is 6.36. The molecular weight excluding hydrogens is 348 g/mol. The van der Waals surface area contributed by atoms with E-state index in [-0.39, 0.29) is 22.5 Å². The molecule has 1 aromatic carbocycles. The normalized spacial score (nSPS) is 18.2. The topological polar surface area (TPSA) is 52.7 Å². The van der Waals surface area contributed by atoms with Crippen LogP contribution in [0.15, 0.2) is 23.1 Å². The molecule has 1 saturated carbocycles. The van der Waals surface area contributed by atoms with Crippen molar-refractivity contribution >= 4 is 23.6 Å². The van der Waals surface area contributed by atoms with Crippen molar-refractivity contribution in [1.82, 2.24) is 15.1 Å². The summed E-state index contributed by atoms with van der Waals surface area (Å²) in [5, 5.41) is 2.96. The molecule has 5 nitrogen and oxygen atoms in total. The molecule has 1 aliphatic carbocycles. The first-order valence-electron chi connectivity index (χ1n) is 8.38. The molecule has 1 aliphatic heterocycles. The average Bonchev–Trinajstić information content (AvgIpc) is 3.38. The molecule has 2 fully saturated rings. The van der Waals surface area contributed by atoms with Gasteiger partial charge in [0.25, 0.3) is 0 Å². The Morgan fingerprint density at radius 2 is 1.88 bits per heavy atom. The van der Waals surface area contributed by atoms with Crippen LogP contribution in [-0.2, 0) is 9.59 Å². The van der Waals surface area contributed by atoms with Gasteiger partial charge in [-0.2, -0.15) is 0 Å². The van der Waals surface area contributed by atoms with Crippen molar-refractivity contribution in [1.29, 1.82) is 0 Å². The third-order valence-corrected chi connectivity index (χ3v) is 5.31. The lowest BCUT2D eigenvalue weighted by Gasteiger charge is -2.34. The molecule has 136 valence electrons. The van der Waals surface area contributed by atoms with Crippen molar-refractivity contribution in [3.63, 3.8) is 0 Å². The summed E-state index contributed by atoms with van der Waals surface area (Å²) in [7, 11) is 0. The summed E-state index contributed by atoms with van der Waals surface area (Å²) in [5.74, 6) is -1.19. The Labute approximate surface area is 149 Å². The number of carbonyl (C=O) groups is 2. The number of rotatable bonds is 6. The largest absolute Gasteiger partial charge is 0.352 e. The van der Waals surface area contributed by atoms with Crippen molar-refractivity contribution < 1.29 is 18.4 Å². The minimum Gasteiger partial charge on any atom is -0.352 e. The highest BCUT2D eigenvalue weighted by Crippen LogP contribution is 2.23. The number of benzene rings is 1. The molecule has 1 saturated heterocycles. The zero-order chi connectivity index (χ0) is 17.8. The molecule has 1 aromatic rings. The van der Waals surface area contributed by atoms with Gasteiger partial charge in [0.2, 0.25) is 11.8 Å². The predicted octanol–water partition coefficient (Wildman–Crippen LogP) is 1.48. The van der Waals surface area contributed by atoms with E-state index in [2.05, 4.69) is 5.32 Å². The van der Waals surface area contributed by atoms with Gasteiger partial charge in [0.05, 0.1) is 12.3 Å². The van der Waals surface area contributed by atoms with Gasteiger partial charge < -0.3 is 10.2 Å². The van der Waals surface area contributed by atoms with Crippen LogP contribution in [0, 0.1) is 11.6 Å². The van der Waals surface area contributed by atoms with Gasteiger partial charge in [-0.1, -0.05) is 0 Å². The molecule has 8 heteroatoms. The smallest absolute Gasteiger partial charge is 0.234 e. The van der Waals surface area contributed by atoms with Crippen molar-refractivity contribution in [3.05, 3.63) is 29.8 Å². The van der Waals surface area contributed by atoms with Crippen molar-refractivity contribution in [3.8, 4) is 0 Å². The third kappa shape index (κ3) is 5.40. The lowest BCUT2D eigenvalue weighted by molar-refractivity contribution is -0.130. The molecule has 2 amide bonds. The van der Waals surface area contributed by atoms with Crippen LogP contribution in [0.5, 0.6) is 0 Å². The maximum atomic E-state index is 13.6. The molecule has 1 heterocycles. The van der Waals surface area contributed by atoms with Crippen LogP contribution < -0.4 is 5.32 Å². The Balaban J connectivity index is 1.39. The van der Waals surface area contributed by atoms with Gasteiger partial charge in [0.15, 0.2) is 0 Å². The van der Waals surface area contributed by atoms with Gasteiger partial charge in [0, 0.05) is 43.2 Å². The number of halogens is 2. The number of amides is 2. The van der Waals surface area contributed by atoms with Crippen LogP contribution in [0.3, 0.4) is 0 Å². The summed E-state index contributed by atoms with van der Waals surface area (Å²) >= 11 is 1.07. The Hall–Kier alpha value is -1.67. The van der Waals surface area contributed by atoms with Crippen LogP contribution >= 0.6 is 11.8 Å². The highest BCUT2D eigenvalue weighted by Gasteiger charge is 2.26. The number of thioether (sulfide) groups is 1. The molecule has 0 aromatic heterocycles. The number of hydrogen-bond acceptors (Lipinski definition) is 4. The summed E-state index contributed by atoms with van der Waals surface area (Å²) in [4.78, 5) is 28.1. The summed E-state index contributed by atoms with van der Waals surface area (Å²) in [6.45, 7) is 2.79. The Morgan fingerprint density at radius 1 is 1.16 bits per heavy atom. The van der Waals surface area contributed by atoms with E-state index in [4.69, 9.17) is 0 Å². The summed E-state index contributed by atoms with van der Waals surface area (Å²) in [6, 6.07) is 3.71. The van der Waals surface area contributed by atoms with Crippen molar-refractivity contribution in [2.24, 2.45) is 0 Å². The average molecular weight is 369 g/mol. The van der Waals surface area contributed by atoms with Gasteiger partial charge in [-0.25, -0.2) is 8.78 Å². The summed E-state index contributed by atoms with van der Waals surface area (Å²) < 4.78 is 26.5. The minimum absolute atomic E-state index is 0.0459. The molecule has 2 aliphatic rings. The molecule has 0 unspecified atom stereocenters. The Bertz CT molecular complexity index is 647. The second-order valence-corrected chi connectivity index (χ2v) is 7.38. The number of piperazine rings is 1. The van der Waals surface area contributed by atoms with Gasteiger partial charge in [-0.15, -0.1) is 11.8 Å². The Morgan fingerprint density at radius 3 is 2.52 bits per heavy atom. The van der Waals surface area contributed by atoms with E-state index in [1.165, 1.54) is 12.1 Å². The maximum Gasteiger partial charge on any atom is 0.234 e. The minimum atomic E-state index is -0.649. The Kier molecular flexibility index (Phi) is 5.90. The monoisotopic (exact) mass is 369 g/mol. The third-order valence-electron chi connectivity index (χ3n) is 4.28. The van der Waals surface area contributed by atoms with Crippen molar-refractivity contribution in [2.75, 3.05) is 38.5 Å². The van der Waals surface area contributed by atoms with E-state index in [1.54, 1.807) is 4.90 Å². The van der Waals surface area contributed by atoms with Crippen LogP contribution in [0.2, 0.25) is 0 Å². The summed E-state index contributed by atoms with van der Waals surface area (Å²) in [6.07, 6.45) is 2.14. The van der Waals surface area contributed by atoms with Gasteiger partial charge in [0.1, 0.15) is 11.6 Å². The highest BCUT2D eigenvalue weighted by atomic mass is 32.2. The molecule has 0 spiro atoms. The first-order valence-corrected chi connectivity index (χ1v) is 9.37. The number of hydrogen-bond donors (Lipinski definition) is 1. The number of nitrogens with zero attached hydrogens (tertiary/aromatic N) is 2. The molecule has 1 N–H and O–H groups in total. The molecule has 0 atom stereocenters. The fourth-order valence-electron chi connectivity index (χ4n) is 2.68. The van der Waals surface area contributed by atoms with Crippen LogP contribution in [0.4, 0.5) is 8.78 Å². The van der Waals surface area contributed by atoms with E-state index in [9.17, 15) is 18.4 Å².